The molecule has 2 aromatic rings. The minimum absolute atomic E-state index is 0. The Balaban J connectivity index is 0.00000264. The molecule has 0 bridgehead atoms. The number of carbonyl (C=O) groups is 2. The van der Waals surface area contributed by atoms with Gasteiger partial charge in [0.25, 0.3) is 0 Å². The van der Waals surface area contributed by atoms with Gasteiger partial charge in [0.05, 0.1) is 30.2 Å². The van der Waals surface area contributed by atoms with Gasteiger partial charge >= 0.3 is 0 Å². The molecule has 2 rings (SSSR count). The van der Waals surface area contributed by atoms with Crippen molar-refractivity contribution in [1.82, 2.24) is 20.2 Å². The third-order valence-corrected chi connectivity index (χ3v) is 3.40. The van der Waals surface area contributed by atoms with Gasteiger partial charge in [-0.05, 0) is 26.0 Å². The third-order valence-electron chi connectivity index (χ3n) is 3.40. The molecule has 1 aromatic carbocycles. The molecule has 1 aromatic heterocycles. The fraction of sp³-hybridized carbons (Fsp3) is 0.400. The van der Waals surface area contributed by atoms with Crippen LogP contribution in [0.5, 0.6) is 0 Å². The molecule has 1 unspecified atom stereocenters. The van der Waals surface area contributed by atoms with Crippen LogP contribution in [0.2, 0.25) is 0 Å². The van der Waals surface area contributed by atoms with Crippen LogP contribution in [0.4, 0.5) is 0 Å². The highest BCUT2D eigenvalue weighted by Gasteiger charge is 2.17. The normalized spacial score (nSPS) is 11.1. The van der Waals surface area contributed by atoms with Gasteiger partial charge in [-0.3, -0.25) is 9.59 Å². The van der Waals surface area contributed by atoms with E-state index in [-0.39, 0.29) is 55.8 Å². The molecule has 0 saturated heterocycles. The lowest BCUT2D eigenvalue weighted by molar-refractivity contribution is -0.125. The van der Waals surface area contributed by atoms with Crippen LogP contribution in [0, 0.1) is 0 Å². The van der Waals surface area contributed by atoms with E-state index in [2.05, 4.69) is 20.2 Å². The van der Waals surface area contributed by atoms with Gasteiger partial charge in [-0.2, -0.15) is 0 Å². The number of nitrogens with one attached hydrogen (secondary N) is 2. The van der Waals surface area contributed by atoms with Gasteiger partial charge in [-0.25, -0.2) is 4.98 Å². The first-order valence-electron chi connectivity index (χ1n) is 7.28. The van der Waals surface area contributed by atoms with E-state index in [0.717, 1.165) is 23.4 Å². The fourth-order valence-electron chi connectivity index (χ4n) is 2.37. The van der Waals surface area contributed by atoms with Gasteiger partial charge in [-0.15, -0.1) is 24.8 Å². The first-order valence-corrected chi connectivity index (χ1v) is 7.28. The summed E-state index contributed by atoms with van der Waals surface area (Å²) in [5, 5.41) is 5.27. The van der Waals surface area contributed by atoms with Crippen molar-refractivity contribution in [2.75, 3.05) is 13.1 Å². The summed E-state index contributed by atoms with van der Waals surface area (Å²) in [6, 6.07) is 7.59. The summed E-state index contributed by atoms with van der Waals surface area (Å²) in [7, 11) is 0. The van der Waals surface area contributed by atoms with Crippen molar-refractivity contribution in [3.63, 3.8) is 0 Å². The summed E-state index contributed by atoms with van der Waals surface area (Å²) < 4.78 is 2.07. The maximum atomic E-state index is 11.9. The summed E-state index contributed by atoms with van der Waals surface area (Å²) in [5.41, 5.74) is 7.11. The highest BCUT2D eigenvalue weighted by atomic mass is 35.5. The summed E-state index contributed by atoms with van der Waals surface area (Å²) >= 11 is 0. The summed E-state index contributed by atoms with van der Waals surface area (Å²) in [4.78, 5) is 27.5. The highest BCUT2D eigenvalue weighted by molar-refractivity contribution is 5.86. The number of rotatable bonds is 6. The van der Waals surface area contributed by atoms with Gasteiger partial charge in [0, 0.05) is 6.54 Å². The lowest BCUT2D eigenvalue weighted by atomic mass is 10.3. The molecule has 1 heterocycles. The first kappa shape index (κ1) is 22.2. The zero-order chi connectivity index (χ0) is 16.1. The molecule has 134 valence electrons. The van der Waals surface area contributed by atoms with Crippen molar-refractivity contribution < 1.29 is 9.59 Å². The van der Waals surface area contributed by atoms with E-state index in [1.165, 1.54) is 0 Å². The molecule has 0 aliphatic carbocycles. The van der Waals surface area contributed by atoms with Crippen molar-refractivity contribution in [3.05, 3.63) is 30.1 Å². The predicted octanol–water partition coefficient (Wildman–Crippen LogP) is 1.15. The van der Waals surface area contributed by atoms with Gasteiger partial charge < -0.3 is 20.9 Å². The second kappa shape index (κ2) is 10.1. The number of carbonyl (C=O) groups excluding carboxylic acids is 2. The zero-order valence-corrected chi connectivity index (χ0v) is 15.2. The predicted molar refractivity (Wildman–Crippen MR) is 98.5 cm³/mol. The number of nitrogens with zero attached hydrogens (tertiary/aromatic N) is 2. The molecular formula is C15H23Cl2N5O2. The first-order chi connectivity index (χ1) is 10.6. The van der Waals surface area contributed by atoms with E-state index >= 15 is 0 Å². The molecule has 9 heteroatoms. The highest BCUT2D eigenvalue weighted by Crippen LogP contribution is 2.20. The Morgan fingerprint density at radius 2 is 1.92 bits per heavy atom. The quantitative estimate of drug-likeness (QED) is 0.704. The number of hydrogen-bond donors (Lipinski definition) is 3. The van der Waals surface area contributed by atoms with Gasteiger partial charge in [0.2, 0.25) is 11.8 Å². The Morgan fingerprint density at radius 1 is 1.25 bits per heavy atom. The molecule has 0 radical (unpaired) electrons. The SMILES string of the molecule is CCn1c(C(C)NC(=O)CNC(=O)CN)nc2ccccc21.Cl.Cl. The smallest absolute Gasteiger partial charge is 0.239 e. The Labute approximate surface area is 153 Å². The monoisotopic (exact) mass is 375 g/mol. The molecule has 4 N–H and O–H groups in total. The number of fused-ring (bicyclic) bond motifs is 1. The van der Waals surface area contributed by atoms with Gasteiger partial charge in [0.15, 0.2) is 0 Å². The standard InChI is InChI=1S/C15H21N5O2.2ClH/c1-3-20-12-7-5-4-6-11(12)19-15(20)10(2)18-14(22)9-17-13(21)8-16;;/h4-7,10H,3,8-9,16H2,1-2H3,(H,17,21)(H,18,22);2*1H. The van der Waals surface area contributed by atoms with Crippen molar-refractivity contribution in [1.29, 1.82) is 0 Å². The van der Waals surface area contributed by atoms with Crippen LogP contribution in [0.25, 0.3) is 11.0 Å². The molecule has 0 saturated carbocycles. The number of aryl methyl sites for hydroxylation is 1. The number of benzene rings is 1. The number of aromatic nitrogens is 2. The van der Waals surface area contributed by atoms with Crippen molar-refractivity contribution in [2.24, 2.45) is 5.73 Å². The molecule has 7 nitrogen and oxygen atoms in total. The number of para-hydroxylation sites is 2. The molecule has 0 aliphatic rings. The van der Waals surface area contributed by atoms with Crippen LogP contribution >= 0.6 is 24.8 Å². The Kier molecular flexibility index (Phi) is 9.35. The maximum Gasteiger partial charge on any atom is 0.239 e. The zero-order valence-electron chi connectivity index (χ0n) is 13.6. The largest absolute Gasteiger partial charge is 0.346 e. The van der Waals surface area contributed by atoms with E-state index in [1.54, 1.807) is 0 Å². The van der Waals surface area contributed by atoms with E-state index in [1.807, 2.05) is 38.1 Å². The van der Waals surface area contributed by atoms with Gasteiger partial charge in [-0.1, -0.05) is 12.1 Å². The molecule has 2 amide bonds. The average molecular weight is 376 g/mol. The van der Waals surface area contributed by atoms with Crippen LogP contribution in [0.15, 0.2) is 24.3 Å². The van der Waals surface area contributed by atoms with E-state index < -0.39 is 0 Å². The van der Waals surface area contributed by atoms with Crippen molar-refractivity contribution >= 4 is 47.7 Å². The number of nitrogens with two attached hydrogens (primary N) is 1. The number of hydrogen-bond acceptors (Lipinski definition) is 4. The van der Waals surface area contributed by atoms with Crippen LogP contribution in [-0.4, -0.2) is 34.5 Å². The van der Waals surface area contributed by atoms with Crippen LogP contribution in [0.1, 0.15) is 25.7 Å². The molecule has 24 heavy (non-hydrogen) atoms. The van der Waals surface area contributed by atoms with Crippen LogP contribution in [-0.2, 0) is 16.1 Å². The van der Waals surface area contributed by atoms with Gasteiger partial charge in [0.1, 0.15) is 5.82 Å². The Hall–Kier alpha value is -1.83. The van der Waals surface area contributed by atoms with E-state index in [9.17, 15) is 9.59 Å². The van der Waals surface area contributed by atoms with E-state index in [0.29, 0.717) is 0 Å². The lowest BCUT2D eigenvalue weighted by Gasteiger charge is -2.15. The van der Waals surface area contributed by atoms with Crippen molar-refractivity contribution in [2.45, 2.75) is 26.4 Å². The minimum Gasteiger partial charge on any atom is -0.346 e. The minimum atomic E-state index is -0.358. The number of halogens is 2. The molecule has 0 fully saturated rings. The summed E-state index contributed by atoms with van der Waals surface area (Å²) in [5.74, 6) is 0.162. The fourth-order valence-corrected chi connectivity index (χ4v) is 2.37. The summed E-state index contributed by atoms with van der Waals surface area (Å²) in [6.07, 6.45) is 0. The van der Waals surface area contributed by atoms with Crippen molar-refractivity contribution in [3.8, 4) is 0 Å². The second-order valence-electron chi connectivity index (χ2n) is 4.97. The molecule has 0 spiro atoms. The summed E-state index contributed by atoms with van der Waals surface area (Å²) in [6.45, 7) is 4.45. The molecule has 1 atom stereocenters. The second-order valence-corrected chi connectivity index (χ2v) is 4.97. The lowest BCUT2D eigenvalue weighted by Crippen LogP contribution is -2.40. The maximum absolute atomic E-state index is 11.9. The molecular weight excluding hydrogens is 353 g/mol. The number of imidazole rings is 1. The third kappa shape index (κ3) is 5.09. The van der Waals surface area contributed by atoms with Crippen LogP contribution in [0.3, 0.4) is 0 Å². The topological polar surface area (TPSA) is 102 Å². The average Bonchev–Trinajstić information content (AvgIpc) is 2.91. The molecule has 0 aliphatic heterocycles. The Morgan fingerprint density at radius 3 is 2.54 bits per heavy atom. The number of amides is 2. The van der Waals surface area contributed by atoms with E-state index in [4.69, 9.17) is 5.73 Å². The Bertz CT molecular complexity index is 690. The van der Waals surface area contributed by atoms with Crippen LogP contribution < -0.4 is 16.4 Å².